The predicted molar refractivity (Wildman–Crippen MR) is 65.1 cm³/mol. The summed E-state index contributed by atoms with van der Waals surface area (Å²) in [4.78, 5) is 2.74. The van der Waals surface area contributed by atoms with Crippen molar-refractivity contribution < 1.29 is 0 Å². The van der Waals surface area contributed by atoms with Gasteiger partial charge in [0.25, 0.3) is 0 Å². The van der Waals surface area contributed by atoms with E-state index in [1.54, 1.807) is 0 Å². The van der Waals surface area contributed by atoms with Gasteiger partial charge < -0.3 is 5.32 Å². The first-order chi connectivity index (χ1) is 7.29. The van der Waals surface area contributed by atoms with Crippen LogP contribution in [0.15, 0.2) is 0 Å². The molecule has 1 aliphatic heterocycles. The molecule has 0 aromatic heterocycles. The van der Waals surface area contributed by atoms with Crippen LogP contribution in [-0.2, 0) is 0 Å². The van der Waals surface area contributed by atoms with E-state index in [4.69, 9.17) is 0 Å². The SMILES string of the molecule is CCNC1CCN(C2CCC(C)CC2)C1. The van der Waals surface area contributed by atoms with Crippen LogP contribution in [-0.4, -0.2) is 36.6 Å². The molecule has 0 aromatic rings. The Hall–Kier alpha value is -0.0800. The van der Waals surface area contributed by atoms with E-state index in [0.717, 1.165) is 24.5 Å². The highest BCUT2D eigenvalue weighted by Gasteiger charge is 2.29. The van der Waals surface area contributed by atoms with Gasteiger partial charge in [-0.2, -0.15) is 0 Å². The molecular formula is C13H26N2. The van der Waals surface area contributed by atoms with Crippen molar-refractivity contribution in [3.05, 3.63) is 0 Å². The van der Waals surface area contributed by atoms with Crippen molar-refractivity contribution in [2.75, 3.05) is 19.6 Å². The molecule has 0 amide bonds. The second-order valence-electron chi connectivity index (χ2n) is 5.45. The summed E-state index contributed by atoms with van der Waals surface area (Å²) in [6, 6.07) is 1.68. The van der Waals surface area contributed by atoms with Crippen LogP contribution in [0.5, 0.6) is 0 Å². The lowest BCUT2D eigenvalue weighted by molar-refractivity contribution is 0.166. The van der Waals surface area contributed by atoms with Gasteiger partial charge in [-0.3, -0.25) is 4.90 Å². The van der Waals surface area contributed by atoms with Gasteiger partial charge in [-0.1, -0.05) is 13.8 Å². The molecule has 0 aromatic carbocycles. The molecule has 0 radical (unpaired) electrons. The Bertz CT molecular complexity index is 185. The summed E-state index contributed by atoms with van der Waals surface area (Å²) in [5.74, 6) is 0.980. The fraction of sp³-hybridized carbons (Fsp3) is 1.00. The Morgan fingerprint density at radius 1 is 1.13 bits per heavy atom. The largest absolute Gasteiger partial charge is 0.313 e. The van der Waals surface area contributed by atoms with Crippen LogP contribution < -0.4 is 5.32 Å². The Labute approximate surface area is 94.4 Å². The van der Waals surface area contributed by atoms with Gasteiger partial charge >= 0.3 is 0 Å². The van der Waals surface area contributed by atoms with Crippen molar-refractivity contribution in [3.63, 3.8) is 0 Å². The summed E-state index contributed by atoms with van der Waals surface area (Å²) in [7, 11) is 0. The standard InChI is InChI=1S/C13H26N2/c1-3-14-12-8-9-15(10-12)13-6-4-11(2)5-7-13/h11-14H,3-10H2,1-2H3. The van der Waals surface area contributed by atoms with Crippen LogP contribution in [0, 0.1) is 5.92 Å². The molecule has 2 heteroatoms. The van der Waals surface area contributed by atoms with E-state index in [-0.39, 0.29) is 0 Å². The Morgan fingerprint density at radius 3 is 2.53 bits per heavy atom. The molecule has 1 atom stereocenters. The quantitative estimate of drug-likeness (QED) is 0.768. The van der Waals surface area contributed by atoms with Crippen LogP contribution in [0.1, 0.15) is 46.0 Å². The number of nitrogens with one attached hydrogen (secondary N) is 1. The maximum Gasteiger partial charge on any atom is 0.0207 e. The monoisotopic (exact) mass is 210 g/mol. The van der Waals surface area contributed by atoms with Crippen molar-refractivity contribution in [3.8, 4) is 0 Å². The zero-order valence-corrected chi connectivity index (χ0v) is 10.3. The van der Waals surface area contributed by atoms with Crippen LogP contribution >= 0.6 is 0 Å². The van der Waals surface area contributed by atoms with Crippen LogP contribution in [0.3, 0.4) is 0 Å². The third kappa shape index (κ3) is 2.94. The zero-order valence-electron chi connectivity index (χ0n) is 10.3. The number of hydrogen-bond donors (Lipinski definition) is 1. The molecule has 1 aliphatic carbocycles. The normalized spacial score (nSPS) is 38.4. The third-order valence-electron chi connectivity index (χ3n) is 4.21. The van der Waals surface area contributed by atoms with E-state index >= 15 is 0 Å². The van der Waals surface area contributed by atoms with E-state index in [2.05, 4.69) is 24.1 Å². The number of rotatable bonds is 3. The molecule has 2 rings (SSSR count). The summed E-state index contributed by atoms with van der Waals surface area (Å²) in [6.45, 7) is 8.37. The zero-order chi connectivity index (χ0) is 10.7. The molecule has 1 heterocycles. The van der Waals surface area contributed by atoms with Crippen LogP contribution in [0.25, 0.3) is 0 Å². The van der Waals surface area contributed by atoms with Gasteiger partial charge in [-0.15, -0.1) is 0 Å². The lowest BCUT2D eigenvalue weighted by atomic mass is 9.87. The summed E-state index contributed by atoms with van der Waals surface area (Å²) in [5.41, 5.74) is 0. The average molecular weight is 210 g/mol. The Morgan fingerprint density at radius 2 is 1.87 bits per heavy atom. The van der Waals surface area contributed by atoms with E-state index in [1.165, 1.54) is 45.2 Å². The minimum absolute atomic E-state index is 0.773. The minimum atomic E-state index is 0.773. The molecule has 0 bridgehead atoms. The summed E-state index contributed by atoms with van der Waals surface area (Å²) >= 11 is 0. The van der Waals surface area contributed by atoms with Gasteiger partial charge in [0.1, 0.15) is 0 Å². The molecule has 1 saturated carbocycles. The second kappa shape index (κ2) is 5.31. The number of nitrogens with zero attached hydrogens (tertiary/aromatic N) is 1. The van der Waals surface area contributed by atoms with Crippen LogP contribution in [0.4, 0.5) is 0 Å². The molecule has 1 saturated heterocycles. The third-order valence-corrected chi connectivity index (χ3v) is 4.21. The summed E-state index contributed by atoms with van der Waals surface area (Å²) < 4.78 is 0. The first-order valence-corrected chi connectivity index (χ1v) is 6.77. The average Bonchev–Trinajstić information content (AvgIpc) is 2.68. The molecule has 2 nitrogen and oxygen atoms in total. The van der Waals surface area contributed by atoms with Gasteiger partial charge in [0.2, 0.25) is 0 Å². The van der Waals surface area contributed by atoms with Crippen molar-refractivity contribution in [2.24, 2.45) is 5.92 Å². The van der Waals surface area contributed by atoms with Gasteiger partial charge in [-0.05, 0) is 44.6 Å². The molecule has 88 valence electrons. The van der Waals surface area contributed by atoms with Crippen molar-refractivity contribution >= 4 is 0 Å². The first kappa shape index (κ1) is 11.4. The summed E-state index contributed by atoms with van der Waals surface area (Å²) in [6.07, 6.45) is 7.15. The fourth-order valence-electron chi connectivity index (χ4n) is 3.18. The van der Waals surface area contributed by atoms with Gasteiger partial charge in [0, 0.05) is 25.2 Å². The highest BCUT2D eigenvalue weighted by atomic mass is 15.2. The van der Waals surface area contributed by atoms with Crippen molar-refractivity contribution in [1.29, 1.82) is 0 Å². The lowest BCUT2D eigenvalue weighted by Crippen LogP contribution is -2.39. The number of likely N-dealkylation sites (tertiary alicyclic amines) is 1. The van der Waals surface area contributed by atoms with Crippen molar-refractivity contribution in [1.82, 2.24) is 10.2 Å². The van der Waals surface area contributed by atoms with E-state index in [0.29, 0.717) is 0 Å². The molecule has 2 fully saturated rings. The minimum Gasteiger partial charge on any atom is -0.313 e. The molecule has 1 N–H and O–H groups in total. The van der Waals surface area contributed by atoms with E-state index < -0.39 is 0 Å². The van der Waals surface area contributed by atoms with E-state index in [9.17, 15) is 0 Å². The van der Waals surface area contributed by atoms with Crippen molar-refractivity contribution in [2.45, 2.75) is 58.0 Å². The smallest absolute Gasteiger partial charge is 0.0207 e. The highest BCUT2D eigenvalue weighted by Crippen LogP contribution is 2.29. The predicted octanol–water partition coefficient (Wildman–Crippen LogP) is 2.25. The second-order valence-corrected chi connectivity index (χ2v) is 5.45. The van der Waals surface area contributed by atoms with Crippen LogP contribution in [0.2, 0.25) is 0 Å². The van der Waals surface area contributed by atoms with Gasteiger partial charge in [0.15, 0.2) is 0 Å². The molecular weight excluding hydrogens is 184 g/mol. The first-order valence-electron chi connectivity index (χ1n) is 6.77. The maximum absolute atomic E-state index is 3.58. The molecule has 2 aliphatic rings. The Kier molecular flexibility index (Phi) is 4.04. The fourth-order valence-corrected chi connectivity index (χ4v) is 3.18. The van der Waals surface area contributed by atoms with Gasteiger partial charge in [0.05, 0.1) is 0 Å². The Balaban J connectivity index is 1.75. The van der Waals surface area contributed by atoms with Gasteiger partial charge in [-0.25, -0.2) is 0 Å². The topological polar surface area (TPSA) is 15.3 Å². The lowest BCUT2D eigenvalue weighted by Gasteiger charge is -2.33. The molecule has 15 heavy (non-hydrogen) atoms. The maximum atomic E-state index is 3.58. The number of hydrogen-bond acceptors (Lipinski definition) is 2. The van der Waals surface area contributed by atoms with E-state index in [1.807, 2.05) is 0 Å². The highest BCUT2D eigenvalue weighted by molar-refractivity contribution is 4.87. The number of likely N-dealkylation sites (N-methyl/N-ethyl adjacent to an activating group) is 1. The summed E-state index contributed by atoms with van der Waals surface area (Å²) in [5, 5.41) is 3.58. The molecule has 0 spiro atoms. The molecule has 1 unspecified atom stereocenters.